The Morgan fingerprint density at radius 1 is 1.13 bits per heavy atom. The number of thiazole rings is 1. The molecule has 118 valence electrons. The van der Waals surface area contributed by atoms with Crippen LogP contribution in [0.15, 0.2) is 35.3 Å². The largest absolute Gasteiger partial charge is 0.327 e. The summed E-state index contributed by atoms with van der Waals surface area (Å²) in [7, 11) is 0. The molecule has 2 aliphatic rings. The molecule has 4 nitrogen and oxygen atoms in total. The molecule has 1 saturated heterocycles. The highest BCUT2D eigenvalue weighted by atomic mass is 32.1. The van der Waals surface area contributed by atoms with Gasteiger partial charge in [0.2, 0.25) is 0 Å². The second kappa shape index (κ2) is 5.26. The van der Waals surface area contributed by atoms with E-state index in [2.05, 4.69) is 43.5 Å². The Labute approximate surface area is 143 Å². The number of hydrogen-bond acceptors (Lipinski definition) is 5. The van der Waals surface area contributed by atoms with Crippen LogP contribution >= 0.6 is 22.7 Å². The van der Waals surface area contributed by atoms with Gasteiger partial charge in [-0.15, -0.1) is 22.7 Å². The summed E-state index contributed by atoms with van der Waals surface area (Å²) in [5, 5.41) is 5.44. The van der Waals surface area contributed by atoms with Gasteiger partial charge in [-0.1, -0.05) is 6.07 Å². The maximum Gasteiger partial charge on any atom is 0.116 e. The van der Waals surface area contributed by atoms with Crippen molar-refractivity contribution in [3.05, 3.63) is 46.1 Å². The minimum absolute atomic E-state index is 0.257. The van der Waals surface area contributed by atoms with E-state index in [-0.39, 0.29) is 5.41 Å². The molecule has 1 unspecified atom stereocenters. The Hall–Kier alpha value is -1.50. The van der Waals surface area contributed by atoms with Gasteiger partial charge in [0, 0.05) is 30.1 Å². The van der Waals surface area contributed by atoms with Gasteiger partial charge in [0.15, 0.2) is 0 Å². The van der Waals surface area contributed by atoms with E-state index >= 15 is 0 Å². The minimum Gasteiger partial charge on any atom is -0.327 e. The van der Waals surface area contributed by atoms with Gasteiger partial charge in [-0.05, 0) is 30.8 Å². The zero-order valence-electron chi connectivity index (χ0n) is 12.8. The molecule has 0 amide bonds. The lowest BCUT2D eigenvalue weighted by Gasteiger charge is -2.22. The SMILES string of the molecule is c1csc(-c2cnc3n2CCC32CCN(Cc3nccs3)C2)c1. The summed E-state index contributed by atoms with van der Waals surface area (Å²) in [6.07, 6.45) is 6.43. The van der Waals surface area contributed by atoms with Gasteiger partial charge in [-0.2, -0.15) is 0 Å². The van der Waals surface area contributed by atoms with Crippen molar-refractivity contribution in [2.75, 3.05) is 13.1 Å². The number of imidazole rings is 1. The van der Waals surface area contributed by atoms with E-state index in [0.29, 0.717) is 0 Å². The normalized spacial score (nSPS) is 23.8. The number of hydrogen-bond donors (Lipinski definition) is 0. The fourth-order valence-electron chi connectivity index (χ4n) is 4.09. The van der Waals surface area contributed by atoms with Crippen LogP contribution in [0.25, 0.3) is 10.6 Å². The molecule has 3 aromatic heterocycles. The highest BCUT2D eigenvalue weighted by Crippen LogP contribution is 2.44. The van der Waals surface area contributed by atoms with Crippen molar-refractivity contribution in [2.45, 2.75) is 31.3 Å². The summed E-state index contributed by atoms with van der Waals surface area (Å²) in [6.45, 7) is 4.36. The molecule has 5 rings (SSSR count). The van der Waals surface area contributed by atoms with Crippen molar-refractivity contribution < 1.29 is 0 Å². The van der Waals surface area contributed by atoms with E-state index in [0.717, 1.165) is 26.2 Å². The van der Waals surface area contributed by atoms with Gasteiger partial charge in [0.05, 0.1) is 23.3 Å². The molecule has 1 spiro atoms. The third kappa shape index (κ3) is 2.20. The molecule has 0 radical (unpaired) electrons. The minimum atomic E-state index is 0.257. The summed E-state index contributed by atoms with van der Waals surface area (Å²) in [5.74, 6) is 1.31. The number of rotatable bonds is 3. The van der Waals surface area contributed by atoms with Crippen LogP contribution in [-0.2, 0) is 18.5 Å². The van der Waals surface area contributed by atoms with Crippen LogP contribution in [0.1, 0.15) is 23.7 Å². The molecule has 0 aromatic carbocycles. The molecule has 0 aliphatic carbocycles. The van der Waals surface area contributed by atoms with Crippen LogP contribution in [0.2, 0.25) is 0 Å². The zero-order valence-corrected chi connectivity index (χ0v) is 14.4. The lowest BCUT2D eigenvalue weighted by molar-refractivity contribution is 0.299. The van der Waals surface area contributed by atoms with Gasteiger partial charge in [0.1, 0.15) is 10.8 Å². The smallest absolute Gasteiger partial charge is 0.116 e. The average Bonchev–Trinajstić information content (AvgIpc) is 3.33. The van der Waals surface area contributed by atoms with E-state index in [1.165, 1.54) is 34.2 Å². The molecule has 6 heteroatoms. The molecule has 2 aliphatic heterocycles. The predicted molar refractivity (Wildman–Crippen MR) is 93.8 cm³/mol. The first kappa shape index (κ1) is 13.9. The van der Waals surface area contributed by atoms with Crippen LogP contribution in [0, 0.1) is 0 Å². The predicted octanol–water partition coefficient (Wildman–Crippen LogP) is 3.62. The van der Waals surface area contributed by atoms with Crippen LogP contribution in [0.5, 0.6) is 0 Å². The third-order valence-corrected chi connectivity index (χ3v) is 6.85. The molecule has 23 heavy (non-hydrogen) atoms. The van der Waals surface area contributed by atoms with E-state index < -0.39 is 0 Å². The van der Waals surface area contributed by atoms with Crippen LogP contribution in [0.4, 0.5) is 0 Å². The van der Waals surface area contributed by atoms with E-state index in [4.69, 9.17) is 4.98 Å². The first-order valence-electron chi connectivity index (χ1n) is 8.05. The second-order valence-corrected chi connectivity index (χ2v) is 8.44. The Morgan fingerprint density at radius 3 is 2.91 bits per heavy atom. The van der Waals surface area contributed by atoms with E-state index in [1.807, 2.05) is 6.20 Å². The van der Waals surface area contributed by atoms with Crippen molar-refractivity contribution >= 4 is 22.7 Å². The van der Waals surface area contributed by atoms with Crippen LogP contribution in [0.3, 0.4) is 0 Å². The Kier molecular flexibility index (Phi) is 3.18. The van der Waals surface area contributed by atoms with Crippen LogP contribution < -0.4 is 0 Å². The number of fused-ring (bicyclic) bond motifs is 2. The maximum absolute atomic E-state index is 4.85. The number of nitrogens with zero attached hydrogens (tertiary/aromatic N) is 4. The molecule has 0 saturated carbocycles. The lowest BCUT2D eigenvalue weighted by Crippen LogP contribution is -2.29. The molecule has 0 bridgehead atoms. The topological polar surface area (TPSA) is 34.0 Å². The standard InChI is InChI=1S/C17H18N4S2/c1-2-14(22-8-1)13-10-19-16-17(4-7-21(13)16)3-6-20(12-17)11-15-18-5-9-23-15/h1-2,5,8-10H,3-4,6-7,11-12H2. The molecular formula is C17H18N4S2. The van der Waals surface area contributed by atoms with Gasteiger partial charge in [-0.3, -0.25) is 4.90 Å². The highest BCUT2D eigenvalue weighted by Gasteiger charge is 2.46. The summed E-state index contributed by atoms with van der Waals surface area (Å²) in [4.78, 5) is 13.2. The van der Waals surface area contributed by atoms with Crippen molar-refractivity contribution in [3.63, 3.8) is 0 Å². The number of thiophene rings is 1. The second-order valence-electron chi connectivity index (χ2n) is 6.51. The molecule has 3 aromatic rings. The average molecular weight is 342 g/mol. The van der Waals surface area contributed by atoms with Crippen molar-refractivity contribution in [2.24, 2.45) is 0 Å². The summed E-state index contributed by atoms with van der Waals surface area (Å²) < 4.78 is 2.46. The van der Waals surface area contributed by atoms with Crippen molar-refractivity contribution in [1.82, 2.24) is 19.4 Å². The first-order chi connectivity index (χ1) is 11.3. The Bertz CT molecular complexity index is 806. The molecule has 1 fully saturated rings. The van der Waals surface area contributed by atoms with Crippen molar-refractivity contribution in [1.29, 1.82) is 0 Å². The molecular weight excluding hydrogens is 324 g/mol. The monoisotopic (exact) mass is 342 g/mol. The van der Waals surface area contributed by atoms with E-state index in [9.17, 15) is 0 Å². The first-order valence-corrected chi connectivity index (χ1v) is 9.81. The van der Waals surface area contributed by atoms with E-state index in [1.54, 1.807) is 22.7 Å². The Balaban J connectivity index is 1.42. The molecule has 5 heterocycles. The number of aromatic nitrogens is 3. The van der Waals surface area contributed by atoms with Gasteiger partial charge < -0.3 is 4.57 Å². The highest BCUT2D eigenvalue weighted by molar-refractivity contribution is 7.13. The maximum atomic E-state index is 4.85. The van der Waals surface area contributed by atoms with Crippen LogP contribution in [-0.4, -0.2) is 32.5 Å². The van der Waals surface area contributed by atoms with Gasteiger partial charge in [-0.25, -0.2) is 9.97 Å². The molecule has 0 N–H and O–H groups in total. The quantitative estimate of drug-likeness (QED) is 0.729. The van der Waals surface area contributed by atoms with Gasteiger partial charge in [0.25, 0.3) is 0 Å². The summed E-state index contributed by atoms with van der Waals surface area (Å²) in [5.41, 5.74) is 1.55. The Morgan fingerprint density at radius 2 is 2.09 bits per heavy atom. The number of likely N-dealkylation sites (tertiary alicyclic amines) is 1. The lowest BCUT2D eigenvalue weighted by atomic mass is 9.85. The summed E-state index contributed by atoms with van der Waals surface area (Å²) >= 11 is 3.56. The summed E-state index contributed by atoms with van der Waals surface area (Å²) in [6, 6.07) is 4.32. The van der Waals surface area contributed by atoms with Gasteiger partial charge >= 0.3 is 0 Å². The fourth-order valence-corrected chi connectivity index (χ4v) is 5.49. The molecule has 1 atom stereocenters. The third-order valence-electron chi connectivity index (χ3n) is 5.19. The zero-order chi connectivity index (χ0) is 15.3. The van der Waals surface area contributed by atoms with Crippen molar-refractivity contribution in [3.8, 4) is 10.6 Å². The fraction of sp³-hybridized carbons (Fsp3) is 0.412.